The van der Waals surface area contributed by atoms with Crippen molar-refractivity contribution in [1.29, 1.82) is 0 Å². The number of benzene rings is 1. The van der Waals surface area contributed by atoms with Crippen molar-refractivity contribution >= 4 is 35.8 Å². The van der Waals surface area contributed by atoms with E-state index < -0.39 is 0 Å². The molecule has 0 bridgehead atoms. The minimum atomic E-state index is -0.253. The van der Waals surface area contributed by atoms with E-state index in [1.165, 1.54) is 0 Å². The molecule has 154 valence electrons. The Balaban J connectivity index is 0.00000676. The maximum absolute atomic E-state index is 11.5. The Labute approximate surface area is 181 Å². The highest BCUT2D eigenvalue weighted by Gasteiger charge is 2.15. The molecule has 0 unspecified atom stereocenters. The molecule has 0 spiro atoms. The summed E-state index contributed by atoms with van der Waals surface area (Å²) < 4.78 is 6.08. The smallest absolute Gasteiger partial charge is 0.222 e. The van der Waals surface area contributed by atoms with Gasteiger partial charge < -0.3 is 20.7 Å². The molecule has 0 aliphatic carbocycles. The van der Waals surface area contributed by atoms with Crippen LogP contribution in [0.15, 0.2) is 23.2 Å². The van der Waals surface area contributed by atoms with Crippen molar-refractivity contribution in [3.8, 4) is 5.75 Å². The van der Waals surface area contributed by atoms with Crippen molar-refractivity contribution in [1.82, 2.24) is 16.0 Å². The van der Waals surface area contributed by atoms with Crippen LogP contribution >= 0.6 is 24.0 Å². The maximum atomic E-state index is 11.5. The maximum Gasteiger partial charge on any atom is 0.222 e. The third-order valence-corrected chi connectivity index (χ3v) is 3.55. The Bertz CT molecular complexity index is 625. The number of ether oxygens (including phenoxy) is 1. The number of rotatable bonds is 7. The Morgan fingerprint density at radius 1 is 1.15 bits per heavy atom. The first-order chi connectivity index (χ1) is 12.1. The van der Waals surface area contributed by atoms with E-state index in [-0.39, 0.29) is 41.4 Å². The van der Waals surface area contributed by atoms with Gasteiger partial charge in [0.15, 0.2) is 5.96 Å². The van der Waals surface area contributed by atoms with Gasteiger partial charge in [0.2, 0.25) is 5.91 Å². The lowest BCUT2D eigenvalue weighted by Gasteiger charge is -2.24. The van der Waals surface area contributed by atoms with Crippen LogP contribution in [0.4, 0.5) is 0 Å². The van der Waals surface area contributed by atoms with E-state index in [1.807, 2.05) is 34.6 Å². The summed E-state index contributed by atoms with van der Waals surface area (Å²) in [6, 6.07) is 6.20. The van der Waals surface area contributed by atoms with Crippen molar-refractivity contribution in [2.45, 2.75) is 53.7 Å². The Kier molecular flexibility index (Phi) is 11.4. The molecule has 6 nitrogen and oxygen atoms in total. The second-order valence-corrected chi connectivity index (χ2v) is 7.62. The molecule has 0 saturated heterocycles. The van der Waals surface area contributed by atoms with Crippen LogP contribution in [0.25, 0.3) is 0 Å². The van der Waals surface area contributed by atoms with Crippen LogP contribution in [0, 0.1) is 12.8 Å². The highest BCUT2D eigenvalue weighted by atomic mass is 127. The minimum Gasteiger partial charge on any atom is -0.488 e. The first kappa shape index (κ1) is 25.5. The fourth-order valence-corrected chi connectivity index (χ4v) is 2.20. The molecule has 0 aromatic heterocycles. The molecule has 0 radical (unpaired) electrons. The molecule has 1 amide bonds. The number of guanidine groups is 1. The van der Waals surface area contributed by atoms with E-state index in [1.54, 1.807) is 7.05 Å². The van der Waals surface area contributed by atoms with Crippen LogP contribution in [-0.2, 0) is 11.3 Å². The van der Waals surface area contributed by atoms with E-state index in [0.29, 0.717) is 25.6 Å². The molecule has 3 N–H and O–H groups in total. The zero-order valence-electron chi connectivity index (χ0n) is 17.6. The van der Waals surface area contributed by atoms with Gasteiger partial charge in [-0.05, 0) is 39.3 Å². The normalized spacial score (nSPS) is 11.6. The first-order valence-electron chi connectivity index (χ1n) is 9.13. The molecule has 0 heterocycles. The number of nitrogens with zero attached hydrogens (tertiary/aromatic N) is 1. The molecule has 0 aliphatic rings. The average molecular weight is 490 g/mol. The van der Waals surface area contributed by atoms with Crippen molar-refractivity contribution < 1.29 is 9.53 Å². The van der Waals surface area contributed by atoms with Gasteiger partial charge in [-0.2, -0.15) is 0 Å². The predicted octanol–water partition coefficient (Wildman–Crippen LogP) is 3.23. The van der Waals surface area contributed by atoms with Crippen molar-refractivity contribution in [3.05, 3.63) is 29.3 Å². The SMILES string of the molecule is CN=C(NCCNC(=O)C(C)C)NCc1ccc(C)cc1OC(C)(C)C.I. The van der Waals surface area contributed by atoms with Gasteiger partial charge in [-0.25, -0.2) is 0 Å². The summed E-state index contributed by atoms with van der Waals surface area (Å²) in [7, 11) is 1.73. The summed E-state index contributed by atoms with van der Waals surface area (Å²) in [6.07, 6.45) is 0. The molecule has 7 heteroatoms. The van der Waals surface area contributed by atoms with Crippen molar-refractivity contribution in [2.75, 3.05) is 20.1 Å². The van der Waals surface area contributed by atoms with Gasteiger partial charge in [0.1, 0.15) is 11.4 Å². The average Bonchev–Trinajstić information content (AvgIpc) is 2.53. The molecular weight excluding hydrogens is 455 g/mol. The third-order valence-electron chi connectivity index (χ3n) is 3.55. The first-order valence-corrected chi connectivity index (χ1v) is 9.13. The molecular formula is C20H35IN4O2. The van der Waals surface area contributed by atoms with E-state index in [0.717, 1.165) is 16.9 Å². The van der Waals surface area contributed by atoms with Gasteiger partial charge in [-0.1, -0.05) is 26.0 Å². The van der Waals surface area contributed by atoms with Crippen LogP contribution in [0.1, 0.15) is 45.7 Å². The third kappa shape index (κ3) is 10.4. The van der Waals surface area contributed by atoms with Crippen LogP contribution in [0.3, 0.4) is 0 Å². The molecule has 0 saturated carbocycles. The number of hydrogen-bond acceptors (Lipinski definition) is 3. The molecule has 1 aromatic carbocycles. The monoisotopic (exact) mass is 490 g/mol. The number of aliphatic imine (C=N–C) groups is 1. The van der Waals surface area contributed by atoms with Crippen molar-refractivity contribution in [3.63, 3.8) is 0 Å². The lowest BCUT2D eigenvalue weighted by atomic mass is 10.1. The van der Waals surface area contributed by atoms with Gasteiger partial charge >= 0.3 is 0 Å². The van der Waals surface area contributed by atoms with E-state index >= 15 is 0 Å². The highest BCUT2D eigenvalue weighted by Crippen LogP contribution is 2.24. The van der Waals surface area contributed by atoms with Crippen molar-refractivity contribution in [2.24, 2.45) is 10.9 Å². The molecule has 1 aromatic rings. The van der Waals surface area contributed by atoms with Gasteiger partial charge in [0.05, 0.1) is 0 Å². The van der Waals surface area contributed by atoms with E-state index in [2.05, 4.69) is 46.1 Å². The van der Waals surface area contributed by atoms with Gasteiger partial charge in [0.25, 0.3) is 0 Å². The summed E-state index contributed by atoms with van der Waals surface area (Å²) in [5.74, 6) is 1.62. The fraction of sp³-hybridized carbons (Fsp3) is 0.600. The van der Waals surface area contributed by atoms with Crippen LogP contribution < -0.4 is 20.7 Å². The zero-order chi connectivity index (χ0) is 19.7. The minimum absolute atomic E-state index is 0. The number of halogens is 1. The number of nitrogens with one attached hydrogen (secondary N) is 3. The highest BCUT2D eigenvalue weighted by molar-refractivity contribution is 14.0. The topological polar surface area (TPSA) is 74.8 Å². The Morgan fingerprint density at radius 3 is 2.33 bits per heavy atom. The number of amides is 1. The van der Waals surface area contributed by atoms with Crippen LogP contribution in [0.2, 0.25) is 0 Å². The van der Waals surface area contributed by atoms with Gasteiger partial charge in [-0.15, -0.1) is 24.0 Å². The quantitative estimate of drug-likeness (QED) is 0.238. The summed E-state index contributed by atoms with van der Waals surface area (Å²) in [5.41, 5.74) is 1.98. The second kappa shape index (κ2) is 12.0. The standard InChI is InChI=1S/C20H34N4O2.HI/c1-14(2)18(25)22-10-11-23-19(21-7)24-13-16-9-8-15(3)12-17(16)26-20(4,5)6;/h8-9,12,14H,10-11,13H2,1-7H3,(H,22,25)(H2,21,23,24);1H. The number of aryl methyl sites for hydroxylation is 1. The lowest BCUT2D eigenvalue weighted by molar-refractivity contribution is -0.123. The molecule has 1 rings (SSSR count). The zero-order valence-corrected chi connectivity index (χ0v) is 19.9. The molecule has 0 aliphatic heterocycles. The fourth-order valence-electron chi connectivity index (χ4n) is 2.20. The Hall–Kier alpha value is -1.51. The number of carbonyl (C=O) groups excluding carboxylic acids is 1. The summed E-state index contributed by atoms with van der Waals surface area (Å²) in [5, 5.41) is 9.36. The van der Waals surface area contributed by atoms with Crippen LogP contribution in [0.5, 0.6) is 5.75 Å². The predicted molar refractivity (Wildman–Crippen MR) is 123 cm³/mol. The molecule has 27 heavy (non-hydrogen) atoms. The van der Waals surface area contributed by atoms with Gasteiger partial charge in [-0.3, -0.25) is 9.79 Å². The second-order valence-electron chi connectivity index (χ2n) is 7.62. The molecule has 0 fully saturated rings. The van der Waals surface area contributed by atoms with Gasteiger partial charge in [0, 0.05) is 38.2 Å². The van der Waals surface area contributed by atoms with E-state index in [9.17, 15) is 4.79 Å². The summed E-state index contributed by atoms with van der Waals surface area (Å²) in [6.45, 7) is 13.7. The number of hydrogen-bond donors (Lipinski definition) is 3. The summed E-state index contributed by atoms with van der Waals surface area (Å²) >= 11 is 0. The van der Waals surface area contributed by atoms with E-state index in [4.69, 9.17) is 4.74 Å². The summed E-state index contributed by atoms with van der Waals surface area (Å²) in [4.78, 5) is 15.8. The molecule has 0 atom stereocenters. The lowest BCUT2D eigenvalue weighted by Crippen LogP contribution is -2.41. The van der Waals surface area contributed by atoms with Crippen LogP contribution in [-0.4, -0.2) is 37.6 Å². The Morgan fingerprint density at radius 2 is 1.78 bits per heavy atom. The number of carbonyl (C=O) groups is 1. The largest absolute Gasteiger partial charge is 0.488 e.